The zero-order valence-corrected chi connectivity index (χ0v) is 13.0. The van der Waals surface area contributed by atoms with E-state index in [0.717, 1.165) is 4.68 Å². The lowest BCUT2D eigenvalue weighted by atomic mass is 10.3. The van der Waals surface area contributed by atoms with Gasteiger partial charge >= 0.3 is 6.18 Å². The lowest BCUT2D eigenvalue weighted by Gasteiger charge is -2.14. The molecule has 0 spiro atoms. The first-order chi connectivity index (χ1) is 11.8. The van der Waals surface area contributed by atoms with Gasteiger partial charge in [0.2, 0.25) is 11.6 Å². The van der Waals surface area contributed by atoms with Crippen molar-refractivity contribution in [2.45, 2.75) is 13.1 Å². The smallest absolute Gasteiger partial charge is 0.307 e. The highest BCUT2D eigenvalue weighted by Gasteiger charge is 2.36. The van der Waals surface area contributed by atoms with E-state index in [9.17, 15) is 18.0 Å². The Hall–Kier alpha value is -3.31. The Kier molecular flexibility index (Phi) is 3.94. The van der Waals surface area contributed by atoms with Crippen LogP contribution in [0.1, 0.15) is 22.3 Å². The van der Waals surface area contributed by atoms with E-state index in [1.807, 2.05) is 0 Å². The predicted molar refractivity (Wildman–Crippen MR) is 78.0 cm³/mol. The van der Waals surface area contributed by atoms with E-state index in [0.29, 0.717) is 5.69 Å². The van der Waals surface area contributed by atoms with Gasteiger partial charge in [0.25, 0.3) is 11.9 Å². The minimum absolute atomic E-state index is 0.163. The third kappa shape index (κ3) is 3.18. The summed E-state index contributed by atoms with van der Waals surface area (Å²) in [6, 6.07) is 3.32. The Morgan fingerprint density at radius 3 is 2.68 bits per heavy atom. The van der Waals surface area contributed by atoms with Crippen LogP contribution in [0.5, 0.6) is 0 Å². The zero-order chi connectivity index (χ0) is 18.2. The van der Waals surface area contributed by atoms with E-state index < -0.39 is 17.9 Å². The number of rotatable bonds is 3. The van der Waals surface area contributed by atoms with Crippen molar-refractivity contribution in [2.75, 3.05) is 11.9 Å². The first kappa shape index (κ1) is 16.5. The van der Waals surface area contributed by atoms with Crippen molar-refractivity contribution < 1.29 is 18.0 Å². The van der Waals surface area contributed by atoms with E-state index in [1.165, 1.54) is 25.1 Å². The second-order valence-corrected chi connectivity index (χ2v) is 4.95. The molecular weight excluding hydrogens is 341 g/mol. The molecule has 0 radical (unpaired) electrons. The van der Waals surface area contributed by atoms with Crippen molar-refractivity contribution in [3.63, 3.8) is 0 Å². The molecule has 3 heterocycles. The van der Waals surface area contributed by atoms with Crippen LogP contribution in [0.3, 0.4) is 0 Å². The van der Waals surface area contributed by atoms with Crippen molar-refractivity contribution in [2.24, 2.45) is 0 Å². The number of halogens is 3. The maximum absolute atomic E-state index is 12.6. The number of amides is 1. The summed E-state index contributed by atoms with van der Waals surface area (Å²) >= 11 is 0. The molecule has 12 heteroatoms. The number of carbonyl (C=O) groups is 1. The van der Waals surface area contributed by atoms with Crippen molar-refractivity contribution in [3.05, 3.63) is 42.0 Å². The van der Waals surface area contributed by atoms with Gasteiger partial charge in [0.1, 0.15) is 5.82 Å². The molecule has 0 fully saturated rings. The summed E-state index contributed by atoms with van der Waals surface area (Å²) in [6.07, 6.45) is -1.63. The van der Waals surface area contributed by atoms with Gasteiger partial charge in [-0.1, -0.05) is 0 Å². The van der Waals surface area contributed by atoms with E-state index >= 15 is 0 Å². The molecule has 0 aliphatic heterocycles. The molecule has 1 amide bonds. The number of pyridine rings is 1. The molecule has 0 saturated heterocycles. The minimum atomic E-state index is -4.67. The fourth-order valence-electron chi connectivity index (χ4n) is 1.96. The first-order valence-electron chi connectivity index (χ1n) is 6.89. The summed E-state index contributed by atoms with van der Waals surface area (Å²) in [5.41, 5.74) is 0.513. The molecule has 0 aliphatic rings. The summed E-state index contributed by atoms with van der Waals surface area (Å²) < 4.78 is 38.8. The number of hydrogen-bond donors (Lipinski definition) is 1. The van der Waals surface area contributed by atoms with Crippen LogP contribution < -0.4 is 4.90 Å². The molecule has 130 valence electrons. The van der Waals surface area contributed by atoms with E-state index in [4.69, 9.17) is 0 Å². The van der Waals surface area contributed by atoms with Crippen LogP contribution in [0.15, 0.2) is 24.5 Å². The number of aryl methyl sites for hydroxylation is 1. The van der Waals surface area contributed by atoms with Crippen molar-refractivity contribution in [1.29, 1.82) is 0 Å². The largest absolute Gasteiger partial charge is 0.451 e. The van der Waals surface area contributed by atoms with E-state index in [1.54, 1.807) is 23.4 Å². The second-order valence-electron chi connectivity index (χ2n) is 4.95. The highest BCUT2D eigenvalue weighted by molar-refractivity contribution is 6.02. The van der Waals surface area contributed by atoms with Gasteiger partial charge in [-0.3, -0.25) is 14.9 Å². The fourth-order valence-corrected chi connectivity index (χ4v) is 1.96. The third-order valence-corrected chi connectivity index (χ3v) is 3.23. The van der Waals surface area contributed by atoms with Gasteiger partial charge in [0, 0.05) is 13.2 Å². The molecule has 25 heavy (non-hydrogen) atoms. The van der Waals surface area contributed by atoms with Gasteiger partial charge in [-0.25, -0.2) is 4.98 Å². The molecule has 9 nitrogen and oxygen atoms in total. The van der Waals surface area contributed by atoms with Crippen molar-refractivity contribution in [1.82, 2.24) is 34.9 Å². The summed E-state index contributed by atoms with van der Waals surface area (Å²) in [5, 5.41) is 9.14. The van der Waals surface area contributed by atoms with Gasteiger partial charge in [0.05, 0.1) is 11.9 Å². The quantitative estimate of drug-likeness (QED) is 0.763. The maximum Gasteiger partial charge on any atom is 0.451 e. The Morgan fingerprint density at radius 2 is 2.08 bits per heavy atom. The lowest BCUT2D eigenvalue weighted by molar-refractivity contribution is -0.144. The first-order valence-corrected chi connectivity index (χ1v) is 6.89. The monoisotopic (exact) mass is 352 g/mol. The molecule has 0 aliphatic carbocycles. The van der Waals surface area contributed by atoms with Gasteiger partial charge < -0.3 is 4.90 Å². The van der Waals surface area contributed by atoms with Gasteiger partial charge in [0.15, 0.2) is 0 Å². The zero-order valence-electron chi connectivity index (χ0n) is 13.0. The molecule has 0 bridgehead atoms. The minimum Gasteiger partial charge on any atom is -0.307 e. The number of aromatic nitrogens is 7. The summed E-state index contributed by atoms with van der Waals surface area (Å²) in [6.45, 7) is 1.47. The highest BCUT2D eigenvalue weighted by Crippen LogP contribution is 2.26. The predicted octanol–water partition coefficient (Wildman–Crippen LogP) is 1.38. The highest BCUT2D eigenvalue weighted by atomic mass is 19.4. The van der Waals surface area contributed by atoms with Crippen LogP contribution in [-0.2, 0) is 6.18 Å². The number of carbonyl (C=O) groups excluding carboxylic acids is 1. The van der Waals surface area contributed by atoms with E-state index in [-0.39, 0.29) is 17.6 Å². The summed E-state index contributed by atoms with van der Waals surface area (Å²) in [7, 11) is 1.50. The summed E-state index contributed by atoms with van der Waals surface area (Å²) in [4.78, 5) is 24.9. The second kappa shape index (κ2) is 5.96. The van der Waals surface area contributed by atoms with Crippen LogP contribution in [-0.4, -0.2) is 47.9 Å². The molecule has 1 N–H and O–H groups in total. The molecule has 0 saturated carbocycles. The molecule has 3 rings (SSSR count). The molecule has 0 atom stereocenters. The van der Waals surface area contributed by atoms with Crippen molar-refractivity contribution in [3.8, 4) is 5.95 Å². The fraction of sp³-hybridized carbons (Fsp3) is 0.231. The number of nitrogens with one attached hydrogen (secondary N) is 1. The van der Waals surface area contributed by atoms with Crippen molar-refractivity contribution >= 4 is 11.6 Å². The lowest BCUT2D eigenvalue weighted by Crippen LogP contribution is -2.27. The van der Waals surface area contributed by atoms with E-state index in [2.05, 4.69) is 25.1 Å². The molecule has 3 aromatic rings. The number of alkyl halides is 3. The van der Waals surface area contributed by atoms with Gasteiger partial charge in [-0.05, 0) is 19.1 Å². The number of H-pyrrole nitrogens is 1. The number of anilines is 1. The SMILES string of the molecule is Cc1nc(C(=O)N(C)c2cccnc2)nn1-c1n[nH]c(C(F)(F)F)n1. The van der Waals surface area contributed by atoms with Gasteiger partial charge in [-0.15, -0.1) is 10.2 Å². The summed E-state index contributed by atoms with van der Waals surface area (Å²) in [5.74, 6) is -2.22. The third-order valence-electron chi connectivity index (χ3n) is 3.23. The molecule has 0 unspecified atom stereocenters. The van der Waals surface area contributed by atoms with Crippen LogP contribution in [0, 0.1) is 6.92 Å². The average Bonchev–Trinajstić information content (AvgIpc) is 3.20. The number of aromatic amines is 1. The van der Waals surface area contributed by atoms with Gasteiger partial charge in [-0.2, -0.15) is 22.8 Å². The normalized spacial score (nSPS) is 11.6. The Morgan fingerprint density at radius 1 is 1.32 bits per heavy atom. The van der Waals surface area contributed by atoms with Crippen LogP contribution in [0.2, 0.25) is 0 Å². The topological polar surface area (TPSA) is 105 Å². The molecular formula is C13H11F3N8O. The standard InChI is InChI=1S/C13H11F3N8O/c1-7-18-9(10(25)23(2)8-4-3-5-17-6-8)22-24(7)12-19-11(20-21-12)13(14,15)16/h3-6H,1-2H3,(H,19,20,21). The van der Waals surface area contributed by atoms with Crippen LogP contribution in [0.4, 0.5) is 18.9 Å². The maximum atomic E-state index is 12.6. The van der Waals surface area contributed by atoms with Crippen LogP contribution in [0.25, 0.3) is 5.95 Å². The number of hydrogen-bond acceptors (Lipinski definition) is 6. The number of nitrogens with zero attached hydrogens (tertiary/aromatic N) is 7. The Labute approximate surface area is 138 Å². The molecule has 3 aromatic heterocycles. The molecule has 0 aromatic carbocycles. The Bertz CT molecular complexity index is 902. The Balaban J connectivity index is 1.90. The van der Waals surface area contributed by atoms with Crippen LogP contribution >= 0.6 is 0 Å². The average molecular weight is 352 g/mol.